The minimum atomic E-state index is -0.337. The number of hydrogen-bond donors (Lipinski definition) is 1. The standard InChI is InChI=1S/C16H24N2O2/c1-5-13-17-14(12-9-7-6-8-10-12)15(19)18(13)11-16(2,3)20-4/h6-10,13-14,17H,5,11H2,1-4H3. The average Bonchev–Trinajstić information content (AvgIpc) is 2.76. The zero-order chi connectivity index (χ0) is 14.8. The van der Waals surface area contributed by atoms with Crippen LogP contribution in [0, 0.1) is 0 Å². The van der Waals surface area contributed by atoms with Crippen LogP contribution in [0.2, 0.25) is 0 Å². The molecule has 0 aromatic heterocycles. The molecular weight excluding hydrogens is 252 g/mol. The van der Waals surface area contributed by atoms with Crippen LogP contribution in [0.5, 0.6) is 0 Å². The van der Waals surface area contributed by atoms with E-state index in [0.29, 0.717) is 6.54 Å². The number of benzene rings is 1. The molecule has 0 saturated carbocycles. The highest BCUT2D eigenvalue weighted by Crippen LogP contribution is 2.27. The third kappa shape index (κ3) is 3.02. The molecule has 1 aromatic rings. The van der Waals surface area contributed by atoms with Gasteiger partial charge < -0.3 is 9.64 Å². The molecule has 4 heteroatoms. The largest absolute Gasteiger partial charge is 0.377 e. The molecular formula is C16H24N2O2. The smallest absolute Gasteiger partial charge is 0.245 e. The van der Waals surface area contributed by atoms with Crippen LogP contribution in [0.15, 0.2) is 30.3 Å². The van der Waals surface area contributed by atoms with Gasteiger partial charge in [-0.1, -0.05) is 37.3 Å². The summed E-state index contributed by atoms with van der Waals surface area (Å²) >= 11 is 0. The first-order valence-electron chi connectivity index (χ1n) is 7.15. The number of amides is 1. The number of nitrogens with zero attached hydrogens (tertiary/aromatic N) is 1. The summed E-state index contributed by atoms with van der Waals surface area (Å²) in [5.74, 6) is 0.133. The first-order chi connectivity index (χ1) is 9.48. The van der Waals surface area contributed by atoms with Gasteiger partial charge in [-0.2, -0.15) is 0 Å². The lowest BCUT2D eigenvalue weighted by Crippen LogP contribution is -2.46. The molecule has 4 nitrogen and oxygen atoms in total. The molecule has 2 unspecified atom stereocenters. The minimum absolute atomic E-state index is 0.0714. The third-order valence-corrected chi connectivity index (χ3v) is 3.89. The van der Waals surface area contributed by atoms with E-state index in [2.05, 4.69) is 12.2 Å². The summed E-state index contributed by atoms with van der Waals surface area (Å²) in [6.07, 6.45) is 0.955. The highest BCUT2D eigenvalue weighted by molar-refractivity contribution is 5.85. The molecule has 110 valence electrons. The van der Waals surface area contributed by atoms with Gasteiger partial charge in [0.1, 0.15) is 6.04 Å². The van der Waals surface area contributed by atoms with E-state index in [4.69, 9.17) is 4.74 Å². The first kappa shape index (κ1) is 15.0. The Labute approximate surface area is 121 Å². The van der Waals surface area contributed by atoms with Gasteiger partial charge in [-0.3, -0.25) is 10.1 Å². The summed E-state index contributed by atoms with van der Waals surface area (Å²) in [5, 5.41) is 3.42. The van der Waals surface area contributed by atoms with E-state index in [1.165, 1.54) is 0 Å². The summed E-state index contributed by atoms with van der Waals surface area (Å²) < 4.78 is 5.46. The molecule has 20 heavy (non-hydrogen) atoms. The van der Waals surface area contributed by atoms with Crippen LogP contribution in [0.25, 0.3) is 0 Å². The Balaban J connectivity index is 2.19. The summed E-state index contributed by atoms with van der Waals surface area (Å²) in [5.41, 5.74) is 0.685. The monoisotopic (exact) mass is 276 g/mol. The summed E-state index contributed by atoms with van der Waals surface area (Å²) in [4.78, 5) is 14.6. The van der Waals surface area contributed by atoms with Crippen LogP contribution in [-0.2, 0) is 9.53 Å². The van der Waals surface area contributed by atoms with Gasteiger partial charge in [0.2, 0.25) is 5.91 Å². The van der Waals surface area contributed by atoms with E-state index in [9.17, 15) is 4.79 Å². The molecule has 1 N–H and O–H groups in total. The van der Waals surface area contributed by atoms with Gasteiger partial charge in [-0.25, -0.2) is 0 Å². The fourth-order valence-electron chi connectivity index (χ4n) is 2.56. The molecule has 1 heterocycles. The van der Waals surface area contributed by atoms with Gasteiger partial charge in [-0.05, 0) is 25.8 Å². The van der Waals surface area contributed by atoms with Crippen molar-refractivity contribution in [2.75, 3.05) is 13.7 Å². The zero-order valence-corrected chi connectivity index (χ0v) is 12.7. The predicted octanol–water partition coefficient (Wildman–Crippen LogP) is 2.32. The van der Waals surface area contributed by atoms with Gasteiger partial charge in [0.05, 0.1) is 18.3 Å². The number of carbonyl (C=O) groups excluding carboxylic acids is 1. The number of carbonyl (C=O) groups is 1. The molecule has 0 spiro atoms. The maximum absolute atomic E-state index is 12.7. The van der Waals surface area contributed by atoms with E-state index in [1.807, 2.05) is 49.1 Å². The molecule has 1 fully saturated rings. The SMILES string of the molecule is CCC1NC(c2ccccc2)C(=O)N1CC(C)(C)OC. The van der Waals surface area contributed by atoms with Crippen LogP contribution < -0.4 is 5.32 Å². The Hall–Kier alpha value is -1.39. The Morgan fingerprint density at radius 3 is 2.50 bits per heavy atom. The van der Waals surface area contributed by atoms with Crippen molar-refractivity contribution in [2.24, 2.45) is 0 Å². The van der Waals surface area contributed by atoms with Gasteiger partial charge in [-0.15, -0.1) is 0 Å². The van der Waals surface area contributed by atoms with E-state index in [-0.39, 0.29) is 23.7 Å². The second kappa shape index (κ2) is 5.94. The zero-order valence-electron chi connectivity index (χ0n) is 12.7. The fraction of sp³-hybridized carbons (Fsp3) is 0.562. The lowest BCUT2D eigenvalue weighted by atomic mass is 10.1. The van der Waals surface area contributed by atoms with Gasteiger partial charge in [0, 0.05) is 7.11 Å². The fourth-order valence-corrected chi connectivity index (χ4v) is 2.56. The van der Waals surface area contributed by atoms with Crippen LogP contribution in [0.3, 0.4) is 0 Å². The van der Waals surface area contributed by atoms with Crippen LogP contribution in [0.1, 0.15) is 38.8 Å². The second-order valence-corrected chi connectivity index (χ2v) is 5.86. The number of nitrogens with one attached hydrogen (secondary N) is 1. The average molecular weight is 276 g/mol. The van der Waals surface area contributed by atoms with Crippen molar-refractivity contribution >= 4 is 5.91 Å². The Morgan fingerprint density at radius 1 is 1.30 bits per heavy atom. The summed E-state index contributed by atoms with van der Waals surface area (Å²) in [7, 11) is 1.68. The lowest BCUT2D eigenvalue weighted by molar-refractivity contribution is -0.133. The number of rotatable bonds is 5. The molecule has 0 aliphatic carbocycles. The highest BCUT2D eigenvalue weighted by atomic mass is 16.5. The van der Waals surface area contributed by atoms with Crippen molar-refractivity contribution in [1.29, 1.82) is 0 Å². The molecule has 1 aromatic carbocycles. The van der Waals surface area contributed by atoms with Crippen LogP contribution >= 0.6 is 0 Å². The van der Waals surface area contributed by atoms with Crippen molar-refractivity contribution in [1.82, 2.24) is 10.2 Å². The van der Waals surface area contributed by atoms with Crippen LogP contribution in [-0.4, -0.2) is 36.2 Å². The molecule has 2 rings (SSSR count). The van der Waals surface area contributed by atoms with Gasteiger partial charge >= 0.3 is 0 Å². The van der Waals surface area contributed by atoms with Crippen molar-refractivity contribution in [3.8, 4) is 0 Å². The first-order valence-corrected chi connectivity index (χ1v) is 7.15. The maximum atomic E-state index is 12.7. The van der Waals surface area contributed by atoms with Crippen molar-refractivity contribution in [3.05, 3.63) is 35.9 Å². The number of ether oxygens (including phenoxy) is 1. The maximum Gasteiger partial charge on any atom is 0.245 e. The van der Waals surface area contributed by atoms with Crippen molar-refractivity contribution < 1.29 is 9.53 Å². The van der Waals surface area contributed by atoms with E-state index in [1.54, 1.807) is 7.11 Å². The van der Waals surface area contributed by atoms with Crippen molar-refractivity contribution in [2.45, 2.75) is 45.0 Å². The van der Waals surface area contributed by atoms with Gasteiger partial charge in [0.25, 0.3) is 0 Å². The third-order valence-electron chi connectivity index (χ3n) is 3.89. The van der Waals surface area contributed by atoms with Gasteiger partial charge in [0.15, 0.2) is 0 Å². The molecule has 2 atom stereocenters. The molecule has 0 radical (unpaired) electrons. The van der Waals surface area contributed by atoms with E-state index in [0.717, 1.165) is 12.0 Å². The highest BCUT2D eigenvalue weighted by Gasteiger charge is 2.40. The van der Waals surface area contributed by atoms with E-state index >= 15 is 0 Å². The van der Waals surface area contributed by atoms with E-state index < -0.39 is 0 Å². The lowest BCUT2D eigenvalue weighted by Gasteiger charge is -2.32. The second-order valence-electron chi connectivity index (χ2n) is 5.86. The Morgan fingerprint density at radius 2 is 1.95 bits per heavy atom. The number of hydrogen-bond acceptors (Lipinski definition) is 3. The minimum Gasteiger partial charge on any atom is -0.377 e. The van der Waals surface area contributed by atoms with Crippen LogP contribution in [0.4, 0.5) is 0 Å². The molecule has 1 saturated heterocycles. The Bertz CT molecular complexity index is 459. The molecule has 1 aliphatic heterocycles. The Kier molecular flexibility index (Phi) is 4.45. The molecule has 1 aliphatic rings. The topological polar surface area (TPSA) is 41.6 Å². The number of methoxy groups -OCH3 is 1. The molecule has 1 amide bonds. The predicted molar refractivity (Wildman–Crippen MR) is 79.2 cm³/mol. The quantitative estimate of drug-likeness (QED) is 0.897. The normalized spacial score (nSPS) is 23.4. The molecule has 0 bridgehead atoms. The summed E-state index contributed by atoms with van der Waals surface area (Å²) in [6, 6.07) is 9.64. The van der Waals surface area contributed by atoms with Crippen molar-refractivity contribution in [3.63, 3.8) is 0 Å². The summed E-state index contributed by atoms with van der Waals surface area (Å²) in [6.45, 7) is 6.69.